The zero-order chi connectivity index (χ0) is 20.9. The minimum atomic E-state index is -4.50. The van der Waals surface area contributed by atoms with E-state index in [0.29, 0.717) is 10.4 Å². The average Bonchev–Trinajstić information content (AvgIpc) is 2.68. The van der Waals surface area contributed by atoms with Crippen molar-refractivity contribution in [2.75, 3.05) is 26.8 Å². The van der Waals surface area contributed by atoms with Crippen molar-refractivity contribution in [3.8, 4) is 11.5 Å². The Labute approximate surface area is 162 Å². The number of fused-ring (bicyclic) bond motifs is 1. The fraction of sp³-hybridized carbons (Fsp3) is 0.611. The van der Waals surface area contributed by atoms with Crippen LogP contribution in [-0.2, 0) is 9.31 Å². The Kier molecular flexibility index (Phi) is 5.08. The summed E-state index contributed by atoms with van der Waals surface area (Å²) < 4.78 is 61.4. The zero-order valence-corrected chi connectivity index (χ0v) is 16.5. The van der Waals surface area contributed by atoms with Gasteiger partial charge in [-0.25, -0.2) is 0 Å². The molecule has 2 aliphatic rings. The molecule has 0 radical (unpaired) electrons. The van der Waals surface area contributed by atoms with E-state index in [1.54, 1.807) is 12.1 Å². The van der Waals surface area contributed by atoms with Crippen LogP contribution in [0.2, 0.25) is 0 Å². The van der Waals surface area contributed by atoms with E-state index < -0.39 is 36.9 Å². The Morgan fingerprint density at radius 1 is 1.18 bits per heavy atom. The van der Waals surface area contributed by atoms with Crippen LogP contribution in [0.25, 0.3) is 0 Å². The first-order chi connectivity index (χ1) is 12.8. The van der Waals surface area contributed by atoms with Gasteiger partial charge in [-0.15, -0.1) is 0 Å². The number of nitrogens with zero attached hydrogens (tertiary/aromatic N) is 1. The van der Waals surface area contributed by atoms with Crippen LogP contribution in [0.15, 0.2) is 12.1 Å². The highest BCUT2D eigenvalue weighted by atomic mass is 19.4. The summed E-state index contributed by atoms with van der Waals surface area (Å²) in [5.41, 5.74) is -0.619. The molecule has 1 amide bonds. The predicted octanol–water partition coefficient (Wildman–Crippen LogP) is 2.39. The molecule has 1 aromatic rings. The molecule has 6 nitrogen and oxygen atoms in total. The number of halogens is 3. The molecule has 0 bridgehead atoms. The van der Waals surface area contributed by atoms with E-state index in [4.69, 9.17) is 18.8 Å². The smallest absolute Gasteiger partial charge is 0.495 e. The third-order valence-corrected chi connectivity index (χ3v) is 5.32. The fourth-order valence-electron chi connectivity index (χ4n) is 3.10. The molecule has 0 unspecified atom stereocenters. The van der Waals surface area contributed by atoms with Crippen molar-refractivity contribution in [3.05, 3.63) is 17.7 Å². The molecule has 0 atom stereocenters. The molecular formula is C18H23BF3NO5. The second-order valence-electron chi connectivity index (χ2n) is 7.87. The minimum absolute atomic E-state index is 0.0375. The van der Waals surface area contributed by atoms with E-state index in [9.17, 15) is 18.0 Å². The lowest BCUT2D eigenvalue weighted by Crippen LogP contribution is -2.41. The second kappa shape index (κ2) is 6.84. The summed E-state index contributed by atoms with van der Waals surface area (Å²) in [6.07, 6.45) is -4.50. The standard InChI is InChI=1S/C18H23BF3NO5/c1-16(2)17(3,4)28-19(27-16)11-8-12(25-5)14-13(9-11)26-7-6-23(15(14)24)10-18(20,21)22/h8-9H,6-7,10H2,1-5H3. The monoisotopic (exact) mass is 401 g/mol. The minimum Gasteiger partial charge on any atom is -0.496 e. The van der Waals surface area contributed by atoms with Crippen molar-refractivity contribution in [1.29, 1.82) is 0 Å². The molecule has 2 aliphatic heterocycles. The predicted molar refractivity (Wildman–Crippen MR) is 96.2 cm³/mol. The fourth-order valence-corrected chi connectivity index (χ4v) is 3.10. The van der Waals surface area contributed by atoms with Crippen molar-refractivity contribution < 1.29 is 36.7 Å². The number of rotatable bonds is 3. The van der Waals surface area contributed by atoms with E-state index in [0.717, 1.165) is 0 Å². The zero-order valence-electron chi connectivity index (χ0n) is 16.5. The normalized spacial score (nSPS) is 21.2. The van der Waals surface area contributed by atoms with Crippen molar-refractivity contribution in [2.45, 2.75) is 45.1 Å². The summed E-state index contributed by atoms with van der Waals surface area (Å²) in [7, 11) is 0.619. The Balaban J connectivity index is 1.98. The van der Waals surface area contributed by atoms with Gasteiger partial charge in [-0.2, -0.15) is 13.2 Å². The Hall–Kier alpha value is -1.94. The number of benzene rings is 1. The molecular weight excluding hydrogens is 378 g/mol. The van der Waals surface area contributed by atoms with Gasteiger partial charge >= 0.3 is 13.3 Å². The van der Waals surface area contributed by atoms with E-state index in [1.807, 2.05) is 27.7 Å². The Bertz CT molecular complexity index is 765. The quantitative estimate of drug-likeness (QED) is 0.729. The number of carbonyl (C=O) groups is 1. The van der Waals surface area contributed by atoms with Gasteiger partial charge in [-0.3, -0.25) is 4.79 Å². The topological polar surface area (TPSA) is 57.2 Å². The second-order valence-corrected chi connectivity index (χ2v) is 7.87. The number of hydrogen-bond acceptors (Lipinski definition) is 5. The van der Waals surface area contributed by atoms with Gasteiger partial charge in [0.2, 0.25) is 0 Å². The molecule has 1 fully saturated rings. The molecule has 28 heavy (non-hydrogen) atoms. The van der Waals surface area contributed by atoms with Crippen LogP contribution in [0.4, 0.5) is 13.2 Å². The van der Waals surface area contributed by atoms with Crippen LogP contribution in [0.1, 0.15) is 38.1 Å². The van der Waals surface area contributed by atoms with Crippen LogP contribution in [0.3, 0.4) is 0 Å². The number of carbonyl (C=O) groups excluding carboxylic acids is 1. The van der Waals surface area contributed by atoms with Crippen LogP contribution < -0.4 is 14.9 Å². The summed E-state index contributed by atoms with van der Waals surface area (Å²) in [5.74, 6) is -0.526. The molecule has 0 saturated carbocycles. The lowest BCUT2D eigenvalue weighted by molar-refractivity contribution is -0.140. The van der Waals surface area contributed by atoms with Gasteiger partial charge in [0.1, 0.15) is 30.2 Å². The van der Waals surface area contributed by atoms with Crippen LogP contribution in [0, 0.1) is 0 Å². The van der Waals surface area contributed by atoms with Gasteiger partial charge in [0.15, 0.2) is 0 Å². The lowest BCUT2D eigenvalue weighted by Gasteiger charge is -2.32. The molecule has 3 rings (SSSR count). The summed E-state index contributed by atoms with van der Waals surface area (Å²) in [5, 5.41) is 0. The van der Waals surface area contributed by atoms with E-state index in [1.165, 1.54) is 7.11 Å². The van der Waals surface area contributed by atoms with E-state index in [-0.39, 0.29) is 30.2 Å². The van der Waals surface area contributed by atoms with Gasteiger partial charge in [-0.1, -0.05) is 0 Å². The Morgan fingerprint density at radius 2 is 1.79 bits per heavy atom. The first-order valence-corrected chi connectivity index (χ1v) is 8.91. The third kappa shape index (κ3) is 3.80. The molecule has 0 spiro atoms. The van der Waals surface area contributed by atoms with Gasteiger partial charge < -0.3 is 23.7 Å². The molecule has 0 aliphatic carbocycles. The number of amides is 1. The van der Waals surface area contributed by atoms with E-state index >= 15 is 0 Å². The highest BCUT2D eigenvalue weighted by Gasteiger charge is 2.52. The maximum absolute atomic E-state index is 12.8. The van der Waals surface area contributed by atoms with Crippen molar-refractivity contribution in [1.82, 2.24) is 4.90 Å². The molecule has 1 saturated heterocycles. The summed E-state index contributed by atoms with van der Waals surface area (Å²) >= 11 is 0. The highest BCUT2D eigenvalue weighted by molar-refractivity contribution is 6.62. The van der Waals surface area contributed by atoms with Gasteiger partial charge in [0.25, 0.3) is 5.91 Å². The van der Waals surface area contributed by atoms with Crippen LogP contribution in [-0.4, -0.2) is 62.1 Å². The highest BCUT2D eigenvalue weighted by Crippen LogP contribution is 2.38. The summed E-state index contributed by atoms with van der Waals surface area (Å²) in [6, 6.07) is 3.11. The average molecular weight is 401 g/mol. The number of alkyl halides is 3. The molecule has 1 aromatic carbocycles. The van der Waals surface area contributed by atoms with Gasteiger partial charge in [-0.05, 0) is 45.3 Å². The number of hydrogen-bond donors (Lipinski definition) is 0. The molecule has 0 N–H and O–H groups in total. The molecule has 10 heteroatoms. The van der Waals surface area contributed by atoms with Crippen molar-refractivity contribution in [2.24, 2.45) is 0 Å². The van der Waals surface area contributed by atoms with Gasteiger partial charge in [0.05, 0.1) is 24.9 Å². The summed E-state index contributed by atoms with van der Waals surface area (Å²) in [4.78, 5) is 13.4. The first kappa shape index (κ1) is 20.8. The van der Waals surface area contributed by atoms with Gasteiger partial charge in [0, 0.05) is 0 Å². The maximum atomic E-state index is 12.8. The maximum Gasteiger partial charge on any atom is 0.495 e. The Morgan fingerprint density at radius 3 is 2.32 bits per heavy atom. The molecule has 154 valence electrons. The largest absolute Gasteiger partial charge is 0.496 e. The summed E-state index contributed by atoms with van der Waals surface area (Å²) in [6.45, 7) is 6.03. The molecule has 2 heterocycles. The first-order valence-electron chi connectivity index (χ1n) is 8.91. The molecule has 0 aromatic heterocycles. The van der Waals surface area contributed by atoms with Crippen LogP contribution >= 0.6 is 0 Å². The van der Waals surface area contributed by atoms with E-state index in [2.05, 4.69) is 0 Å². The van der Waals surface area contributed by atoms with Crippen molar-refractivity contribution in [3.63, 3.8) is 0 Å². The number of ether oxygens (including phenoxy) is 2. The SMILES string of the molecule is COc1cc(B2OC(C)(C)C(C)(C)O2)cc2c1C(=O)N(CC(F)(F)F)CCO2. The third-order valence-electron chi connectivity index (χ3n) is 5.32. The van der Waals surface area contributed by atoms with Crippen LogP contribution in [0.5, 0.6) is 11.5 Å². The van der Waals surface area contributed by atoms with Crippen molar-refractivity contribution >= 4 is 18.5 Å². The number of methoxy groups -OCH3 is 1. The lowest BCUT2D eigenvalue weighted by atomic mass is 9.78.